The van der Waals surface area contributed by atoms with Gasteiger partial charge in [-0.3, -0.25) is 9.59 Å². The zero-order chi connectivity index (χ0) is 19.5. The van der Waals surface area contributed by atoms with Gasteiger partial charge in [0.05, 0.1) is 18.2 Å². The number of anilines is 1. The van der Waals surface area contributed by atoms with Gasteiger partial charge in [-0.15, -0.1) is 0 Å². The van der Waals surface area contributed by atoms with E-state index in [0.29, 0.717) is 29.6 Å². The van der Waals surface area contributed by atoms with Crippen LogP contribution in [0.1, 0.15) is 21.8 Å². The van der Waals surface area contributed by atoms with Gasteiger partial charge < -0.3 is 19.2 Å². The molecule has 0 fully saturated rings. The topological polar surface area (TPSA) is 114 Å². The van der Waals surface area contributed by atoms with Gasteiger partial charge in [0.2, 0.25) is 11.7 Å². The molecule has 8 nitrogen and oxygen atoms in total. The summed E-state index contributed by atoms with van der Waals surface area (Å²) in [5.74, 6) is 0.823. The minimum Gasteiger partial charge on any atom is -0.461 e. The number of para-hydroxylation sites is 1. The molecule has 1 aromatic carbocycles. The Balaban J connectivity index is 1.54. The molecule has 3 heterocycles. The molecule has 3 aromatic heterocycles. The molecule has 4 aromatic rings. The molecule has 9 heteroatoms. The van der Waals surface area contributed by atoms with Crippen molar-refractivity contribution in [2.24, 2.45) is 0 Å². The first-order chi connectivity index (χ1) is 13.6. The first-order valence-corrected chi connectivity index (χ1v) is 8.62. The van der Waals surface area contributed by atoms with E-state index in [9.17, 15) is 9.59 Å². The smallest absolute Gasteiger partial charge is 0.266 e. The van der Waals surface area contributed by atoms with Crippen LogP contribution in [-0.4, -0.2) is 21.0 Å². The number of nitrogens with zero attached hydrogens (tertiary/aromatic N) is 2. The minimum absolute atomic E-state index is 0.0581. The predicted molar refractivity (Wildman–Crippen MR) is 101 cm³/mol. The fraction of sp³-hybridized carbons (Fsp3) is 0.0526. The molecule has 0 spiro atoms. The van der Waals surface area contributed by atoms with Crippen molar-refractivity contribution in [3.63, 3.8) is 0 Å². The Hall–Kier alpha value is -3.65. The van der Waals surface area contributed by atoms with Crippen LogP contribution >= 0.6 is 11.6 Å². The Bertz CT molecular complexity index is 1180. The van der Waals surface area contributed by atoms with E-state index in [0.717, 1.165) is 5.56 Å². The number of benzene rings is 1. The average Bonchev–Trinajstić information content (AvgIpc) is 3.37. The average molecular weight is 397 g/mol. The van der Waals surface area contributed by atoms with E-state index in [4.69, 9.17) is 20.5 Å². The molecule has 2 N–H and O–H groups in total. The van der Waals surface area contributed by atoms with Crippen molar-refractivity contribution < 1.29 is 13.7 Å². The van der Waals surface area contributed by atoms with E-state index in [1.807, 2.05) is 12.1 Å². The van der Waals surface area contributed by atoms with E-state index >= 15 is 0 Å². The summed E-state index contributed by atoms with van der Waals surface area (Å²) < 4.78 is 10.5. The highest BCUT2D eigenvalue weighted by molar-refractivity contribution is 6.30. The lowest BCUT2D eigenvalue weighted by Crippen LogP contribution is -2.16. The minimum atomic E-state index is -0.456. The fourth-order valence-electron chi connectivity index (χ4n) is 2.57. The second-order valence-electron chi connectivity index (χ2n) is 5.84. The zero-order valence-electron chi connectivity index (χ0n) is 14.3. The summed E-state index contributed by atoms with van der Waals surface area (Å²) >= 11 is 5.79. The number of amides is 1. The van der Waals surface area contributed by atoms with Crippen LogP contribution in [0.25, 0.3) is 11.6 Å². The number of halogens is 1. The molecule has 0 atom stereocenters. The largest absolute Gasteiger partial charge is 0.461 e. The third-order valence-electron chi connectivity index (χ3n) is 3.94. The molecular weight excluding hydrogens is 384 g/mol. The monoisotopic (exact) mass is 396 g/mol. The molecule has 0 aliphatic carbocycles. The van der Waals surface area contributed by atoms with Crippen LogP contribution in [-0.2, 0) is 6.42 Å². The van der Waals surface area contributed by atoms with Crippen molar-refractivity contribution in [2.45, 2.75) is 6.42 Å². The lowest BCUT2D eigenvalue weighted by atomic mass is 10.1. The van der Waals surface area contributed by atoms with E-state index in [1.54, 1.807) is 24.3 Å². The third kappa shape index (κ3) is 3.72. The molecule has 28 heavy (non-hydrogen) atoms. The maximum Gasteiger partial charge on any atom is 0.266 e. The Kier molecular flexibility index (Phi) is 4.77. The fourth-order valence-corrected chi connectivity index (χ4v) is 2.75. The van der Waals surface area contributed by atoms with Crippen molar-refractivity contribution in [3.8, 4) is 11.6 Å². The van der Waals surface area contributed by atoms with Crippen molar-refractivity contribution in [1.82, 2.24) is 15.1 Å². The number of carbonyl (C=O) groups is 1. The van der Waals surface area contributed by atoms with Crippen LogP contribution in [0.3, 0.4) is 0 Å². The molecule has 0 bridgehead atoms. The summed E-state index contributed by atoms with van der Waals surface area (Å²) in [6.07, 6.45) is 3.15. The summed E-state index contributed by atoms with van der Waals surface area (Å²) in [6.45, 7) is 0. The summed E-state index contributed by atoms with van der Waals surface area (Å²) in [7, 11) is 0. The molecule has 0 aliphatic rings. The number of pyridine rings is 1. The summed E-state index contributed by atoms with van der Waals surface area (Å²) in [5.41, 5.74) is 1.13. The van der Waals surface area contributed by atoms with E-state index in [-0.39, 0.29) is 10.6 Å². The molecule has 0 unspecified atom stereocenters. The van der Waals surface area contributed by atoms with Gasteiger partial charge in [0.15, 0.2) is 5.76 Å². The lowest BCUT2D eigenvalue weighted by Gasteiger charge is -2.10. The van der Waals surface area contributed by atoms with Gasteiger partial charge in [-0.2, -0.15) is 4.98 Å². The molecule has 0 saturated carbocycles. The number of hydrogen-bond acceptors (Lipinski definition) is 6. The third-order valence-corrected chi connectivity index (χ3v) is 4.22. The zero-order valence-corrected chi connectivity index (χ0v) is 15.1. The van der Waals surface area contributed by atoms with Crippen molar-refractivity contribution >= 4 is 23.2 Å². The molecule has 140 valence electrons. The standard InChI is InChI=1S/C19H13ClN4O4/c20-13-8-12(10-21-19(13)26)18(25)22-14-5-2-1-4-11(14)9-16-23-17(24-28-16)15-6-3-7-27-15/h1-8,10H,9H2,(H,21,26)(H,22,25). The Morgan fingerprint density at radius 1 is 1.21 bits per heavy atom. The van der Waals surface area contributed by atoms with E-state index in [2.05, 4.69) is 20.4 Å². The molecule has 0 radical (unpaired) electrons. The number of furan rings is 1. The van der Waals surface area contributed by atoms with Crippen LogP contribution in [0.5, 0.6) is 0 Å². The second kappa shape index (κ2) is 7.53. The van der Waals surface area contributed by atoms with Crippen molar-refractivity contribution in [1.29, 1.82) is 0 Å². The van der Waals surface area contributed by atoms with E-state index < -0.39 is 11.5 Å². The Morgan fingerprint density at radius 2 is 2.07 bits per heavy atom. The maximum absolute atomic E-state index is 12.5. The van der Waals surface area contributed by atoms with Gasteiger partial charge in [-0.1, -0.05) is 35.0 Å². The van der Waals surface area contributed by atoms with Crippen molar-refractivity contribution in [2.75, 3.05) is 5.32 Å². The number of nitrogens with one attached hydrogen (secondary N) is 2. The van der Waals surface area contributed by atoms with Gasteiger partial charge in [0.25, 0.3) is 11.5 Å². The lowest BCUT2D eigenvalue weighted by molar-refractivity contribution is 0.102. The second-order valence-corrected chi connectivity index (χ2v) is 6.25. The summed E-state index contributed by atoms with van der Waals surface area (Å²) in [5, 5.41) is 6.64. The number of carbonyl (C=O) groups excluding carboxylic acids is 1. The predicted octanol–water partition coefficient (Wildman–Crippen LogP) is 3.51. The molecule has 4 rings (SSSR count). The van der Waals surface area contributed by atoms with Crippen LogP contribution in [0.4, 0.5) is 5.69 Å². The van der Waals surface area contributed by atoms with Crippen LogP contribution < -0.4 is 10.9 Å². The first kappa shape index (κ1) is 17.7. The van der Waals surface area contributed by atoms with E-state index in [1.165, 1.54) is 18.5 Å². The first-order valence-electron chi connectivity index (χ1n) is 8.24. The highest BCUT2D eigenvalue weighted by atomic mass is 35.5. The quantitative estimate of drug-likeness (QED) is 0.533. The van der Waals surface area contributed by atoms with Crippen LogP contribution in [0, 0.1) is 0 Å². The molecule has 1 amide bonds. The van der Waals surface area contributed by atoms with Gasteiger partial charge in [-0.05, 0) is 29.8 Å². The number of aromatic amines is 1. The Morgan fingerprint density at radius 3 is 2.86 bits per heavy atom. The van der Waals surface area contributed by atoms with Gasteiger partial charge in [-0.25, -0.2) is 0 Å². The highest BCUT2D eigenvalue weighted by Gasteiger charge is 2.15. The number of H-pyrrole nitrogens is 1. The van der Waals surface area contributed by atoms with Gasteiger partial charge >= 0.3 is 0 Å². The molecule has 0 aliphatic heterocycles. The number of rotatable bonds is 5. The van der Waals surface area contributed by atoms with Crippen molar-refractivity contribution in [3.05, 3.63) is 87.3 Å². The molecular formula is C19H13ClN4O4. The number of hydrogen-bond donors (Lipinski definition) is 2. The number of aromatic nitrogens is 3. The SMILES string of the molecule is O=C(Nc1ccccc1Cc1nc(-c2ccco2)no1)c1c[nH]c(=O)c(Cl)c1. The highest BCUT2D eigenvalue weighted by Crippen LogP contribution is 2.22. The normalized spacial score (nSPS) is 10.8. The maximum atomic E-state index is 12.5. The van der Waals surface area contributed by atoms with Crippen LogP contribution in [0.15, 0.2) is 68.7 Å². The molecule has 0 saturated heterocycles. The van der Waals surface area contributed by atoms with Crippen LogP contribution in [0.2, 0.25) is 5.02 Å². The Labute approximate surface area is 163 Å². The van der Waals surface area contributed by atoms with Gasteiger partial charge in [0.1, 0.15) is 5.02 Å². The summed E-state index contributed by atoms with van der Waals surface area (Å²) in [6, 6.07) is 12.0. The summed E-state index contributed by atoms with van der Waals surface area (Å²) in [4.78, 5) is 30.6. The van der Waals surface area contributed by atoms with Gasteiger partial charge in [0, 0.05) is 11.9 Å².